The molecule has 0 atom stereocenters. The van der Waals surface area contributed by atoms with Gasteiger partial charge in [-0.2, -0.15) is 0 Å². The van der Waals surface area contributed by atoms with Gasteiger partial charge in [0.2, 0.25) is 0 Å². The van der Waals surface area contributed by atoms with Crippen molar-refractivity contribution < 1.29 is 0 Å². The van der Waals surface area contributed by atoms with Gasteiger partial charge in [-0.25, -0.2) is 9.97 Å². The maximum atomic E-state index is 5.30. The lowest BCUT2D eigenvalue weighted by Gasteiger charge is -2.16. The van der Waals surface area contributed by atoms with Gasteiger partial charge in [-0.3, -0.25) is 4.98 Å². The van der Waals surface area contributed by atoms with Crippen molar-refractivity contribution in [3.05, 3.63) is 200 Å². The molecule has 0 saturated heterocycles. The topological polar surface area (TPSA) is 48.5 Å². The van der Waals surface area contributed by atoms with Crippen LogP contribution in [-0.4, -0.2) is 24.1 Å². The van der Waals surface area contributed by atoms with Crippen molar-refractivity contribution in [3.8, 4) is 56.4 Å². The number of fused-ring (bicyclic) bond motifs is 6. The summed E-state index contributed by atoms with van der Waals surface area (Å²) < 4.78 is 4.78. The Bertz CT molecular complexity index is 2990. The Balaban J connectivity index is 1.19. The lowest BCUT2D eigenvalue weighted by molar-refractivity contribution is 1.13. The maximum Gasteiger partial charge on any atom is 0.160 e. The molecule has 0 N–H and O–H groups in total. The molecule has 4 heterocycles. The first-order valence-corrected chi connectivity index (χ1v) is 18.8. The molecule has 0 spiro atoms. The summed E-state index contributed by atoms with van der Waals surface area (Å²) in [5.74, 6) is 0.646. The zero-order valence-electron chi connectivity index (χ0n) is 30.3. The van der Waals surface area contributed by atoms with Crippen LogP contribution in [0.15, 0.2) is 200 Å². The molecule has 0 aliphatic heterocycles. The quantitative estimate of drug-likeness (QED) is 0.172. The Morgan fingerprint density at radius 1 is 0.304 bits per heavy atom. The molecule has 0 aliphatic carbocycles. The van der Waals surface area contributed by atoms with E-state index in [1.54, 1.807) is 12.4 Å². The summed E-state index contributed by atoms with van der Waals surface area (Å²) in [6.07, 6.45) is 3.59. The van der Waals surface area contributed by atoms with Crippen molar-refractivity contribution in [2.45, 2.75) is 0 Å². The standard InChI is InChI=1S/C51H33N5/c1-2-12-34(13-3-1)35-22-24-36(25-23-35)45-33-46(54-51(53-45)37-26-28-52-29-27-37)38-30-39(55-47-18-8-4-14-41(47)42-15-5-9-19-48(42)55)32-40(31-38)56-49-20-10-6-16-43(49)44-17-7-11-21-50(44)56/h1-33H. The molecule has 0 unspecified atom stereocenters. The molecular formula is C51H33N5. The molecule has 56 heavy (non-hydrogen) atoms. The van der Waals surface area contributed by atoms with Crippen LogP contribution in [0.2, 0.25) is 0 Å². The second-order valence-electron chi connectivity index (χ2n) is 14.1. The summed E-state index contributed by atoms with van der Waals surface area (Å²) in [6, 6.07) is 66.7. The Morgan fingerprint density at radius 2 is 0.714 bits per heavy atom. The molecule has 0 amide bonds. The number of aromatic nitrogens is 5. The summed E-state index contributed by atoms with van der Waals surface area (Å²) in [5, 5.41) is 4.87. The van der Waals surface area contributed by atoms with E-state index < -0.39 is 0 Å². The zero-order valence-corrected chi connectivity index (χ0v) is 30.3. The first-order chi connectivity index (χ1) is 27.8. The van der Waals surface area contributed by atoms with Crippen molar-refractivity contribution in [2.75, 3.05) is 0 Å². The second kappa shape index (κ2) is 13.0. The molecule has 4 aromatic heterocycles. The molecule has 5 heteroatoms. The van der Waals surface area contributed by atoms with Crippen LogP contribution in [0.4, 0.5) is 0 Å². The van der Waals surface area contributed by atoms with E-state index in [1.807, 2.05) is 18.2 Å². The molecular weight excluding hydrogens is 683 g/mol. The molecule has 0 fully saturated rings. The van der Waals surface area contributed by atoms with Gasteiger partial charge in [0.25, 0.3) is 0 Å². The van der Waals surface area contributed by atoms with E-state index in [-0.39, 0.29) is 0 Å². The number of para-hydroxylation sites is 4. The third-order valence-electron chi connectivity index (χ3n) is 10.8. The van der Waals surface area contributed by atoms with Crippen molar-refractivity contribution in [1.29, 1.82) is 0 Å². The van der Waals surface area contributed by atoms with Gasteiger partial charge in [0, 0.05) is 62.0 Å². The highest BCUT2D eigenvalue weighted by Crippen LogP contribution is 2.38. The third kappa shape index (κ3) is 5.29. The van der Waals surface area contributed by atoms with E-state index >= 15 is 0 Å². The molecule has 0 radical (unpaired) electrons. The molecule has 11 aromatic rings. The zero-order chi connectivity index (χ0) is 37.0. The molecule has 0 aliphatic rings. The largest absolute Gasteiger partial charge is 0.309 e. The van der Waals surface area contributed by atoms with Crippen LogP contribution in [-0.2, 0) is 0 Å². The number of rotatable bonds is 6. The minimum Gasteiger partial charge on any atom is -0.309 e. The van der Waals surface area contributed by atoms with E-state index in [9.17, 15) is 0 Å². The molecule has 11 rings (SSSR count). The van der Waals surface area contributed by atoms with Gasteiger partial charge in [0.15, 0.2) is 5.82 Å². The van der Waals surface area contributed by atoms with E-state index in [2.05, 4.69) is 184 Å². The van der Waals surface area contributed by atoms with Crippen LogP contribution in [0.5, 0.6) is 0 Å². The van der Waals surface area contributed by atoms with Crippen molar-refractivity contribution in [3.63, 3.8) is 0 Å². The van der Waals surface area contributed by atoms with E-state index in [0.717, 1.165) is 67.1 Å². The monoisotopic (exact) mass is 715 g/mol. The fourth-order valence-corrected chi connectivity index (χ4v) is 8.24. The molecule has 5 nitrogen and oxygen atoms in total. The summed E-state index contributed by atoms with van der Waals surface area (Å²) in [6.45, 7) is 0. The van der Waals surface area contributed by atoms with Gasteiger partial charge < -0.3 is 9.13 Å². The Kier molecular flexibility index (Phi) is 7.42. The first-order valence-electron chi connectivity index (χ1n) is 18.8. The van der Waals surface area contributed by atoms with Crippen molar-refractivity contribution in [2.24, 2.45) is 0 Å². The number of hydrogen-bond donors (Lipinski definition) is 0. The van der Waals surface area contributed by atoms with Gasteiger partial charge in [-0.05, 0) is 71.8 Å². The summed E-state index contributed by atoms with van der Waals surface area (Å²) in [4.78, 5) is 14.8. The average molecular weight is 716 g/mol. The van der Waals surface area contributed by atoms with Crippen LogP contribution in [0.1, 0.15) is 0 Å². The summed E-state index contributed by atoms with van der Waals surface area (Å²) in [5.41, 5.74) is 13.6. The number of nitrogens with zero attached hydrogens (tertiary/aromatic N) is 5. The van der Waals surface area contributed by atoms with Crippen molar-refractivity contribution >= 4 is 43.6 Å². The van der Waals surface area contributed by atoms with Crippen LogP contribution >= 0.6 is 0 Å². The molecule has 0 saturated carbocycles. The summed E-state index contributed by atoms with van der Waals surface area (Å²) in [7, 11) is 0. The minimum absolute atomic E-state index is 0.646. The normalized spacial score (nSPS) is 11.6. The predicted molar refractivity (Wildman–Crippen MR) is 230 cm³/mol. The molecule has 262 valence electrons. The number of pyridine rings is 1. The highest BCUT2D eigenvalue weighted by Gasteiger charge is 2.19. The minimum atomic E-state index is 0.646. The average Bonchev–Trinajstić information content (AvgIpc) is 3.80. The van der Waals surface area contributed by atoms with Crippen LogP contribution < -0.4 is 0 Å². The van der Waals surface area contributed by atoms with E-state index in [1.165, 1.54) is 27.1 Å². The fourth-order valence-electron chi connectivity index (χ4n) is 8.24. The van der Waals surface area contributed by atoms with Gasteiger partial charge in [0.1, 0.15) is 0 Å². The fraction of sp³-hybridized carbons (Fsp3) is 0. The highest BCUT2D eigenvalue weighted by molar-refractivity contribution is 6.10. The Labute approximate surface area is 323 Å². The highest BCUT2D eigenvalue weighted by atomic mass is 15.0. The van der Waals surface area contributed by atoms with Crippen LogP contribution in [0.3, 0.4) is 0 Å². The van der Waals surface area contributed by atoms with E-state index in [4.69, 9.17) is 9.97 Å². The van der Waals surface area contributed by atoms with Gasteiger partial charge in [-0.1, -0.05) is 127 Å². The smallest absolute Gasteiger partial charge is 0.160 e. The lowest BCUT2D eigenvalue weighted by Crippen LogP contribution is -2.01. The van der Waals surface area contributed by atoms with Crippen molar-refractivity contribution in [1.82, 2.24) is 24.1 Å². The van der Waals surface area contributed by atoms with Crippen LogP contribution in [0.25, 0.3) is 100 Å². The Morgan fingerprint density at radius 3 is 1.21 bits per heavy atom. The predicted octanol–water partition coefficient (Wildman–Crippen LogP) is 12.7. The maximum absolute atomic E-state index is 5.30. The SMILES string of the molecule is c1ccc(-c2ccc(-c3cc(-c4cc(-n5c6ccccc6c6ccccc65)cc(-n5c6ccccc6c6ccccc65)c4)nc(-c4ccncc4)n3)cc2)cc1. The van der Waals surface area contributed by atoms with Gasteiger partial charge in [-0.15, -0.1) is 0 Å². The first kappa shape index (κ1) is 31.9. The molecule has 0 bridgehead atoms. The van der Waals surface area contributed by atoms with Gasteiger partial charge in [0.05, 0.1) is 33.5 Å². The third-order valence-corrected chi connectivity index (χ3v) is 10.8. The number of hydrogen-bond acceptors (Lipinski definition) is 3. The van der Waals surface area contributed by atoms with Gasteiger partial charge >= 0.3 is 0 Å². The molecule has 7 aromatic carbocycles. The van der Waals surface area contributed by atoms with Crippen LogP contribution in [0, 0.1) is 0 Å². The second-order valence-corrected chi connectivity index (χ2v) is 14.1. The lowest BCUT2D eigenvalue weighted by atomic mass is 10.0. The van der Waals surface area contributed by atoms with E-state index in [0.29, 0.717) is 5.82 Å². The summed E-state index contributed by atoms with van der Waals surface area (Å²) >= 11 is 0. The number of benzene rings is 7. The Hall–Kier alpha value is -7.63.